The molecule has 2 rings (SSSR count). The van der Waals surface area contributed by atoms with Crippen LogP contribution in [0.2, 0.25) is 5.02 Å². The molecule has 104 valence electrons. The third-order valence-electron chi connectivity index (χ3n) is 2.61. The van der Waals surface area contributed by atoms with E-state index < -0.39 is 16.6 Å². The highest BCUT2D eigenvalue weighted by Crippen LogP contribution is 2.22. The molecule has 20 heavy (non-hydrogen) atoms. The number of rotatable bonds is 4. The second-order valence-electron chi connectivity index (χ2n) is 4.02. The lowest BCUT2D eigenvalue weighted by molar-refractivity contribution is -0.385. The van der Waals surface area contributed by atoms with Gasteiger partial charge in [0.05, 0.1) is 16.0 Å². The van der Waals surface area contributed by atoms with Gasteiger partial charge in [0.25, 0.3) is 5.69 Å². The highest BCUT2D eigenvalue weighted by molar-refractivity contribution is 6.30. The number of halogens is 3. The summed E-state index contributed by atoms with van der Waals surface area (Å²) in [6.45, 7) is 0.0347. The van der Waals surface area contributed by atoms with Crippen LogP contribution >= 0.6 is 11.6 Å². The maximum absolute atomic E-state index is 13.6. The molecule has 2 aromatic rings. The van der Waals surface area contributed by atoms with Gasteiger partial charge >= 0.3 is 0 Å². The van der Waals surface area contributed by atoms with Crippen LogP contribution in [0.3, 0.4) is 0 Å². The van der Waals surface area contributed by atoms with Crippen LogP contribution in [0.25, 0.3) is 0 Å². The van der Waals surface area contributed by atoms with Gasteiger partial charge in [-0.25, -0.2) is 8.78 Å². The van der Waals surface area contributed by atoms with E-state index in [9.17, 15) is 18.9 Å². The zero-order valence-corrected chi connectivity index (χ0v) is 10.8. The summed E-state index contributed by atoms with van der Waals surface area (Å²) in [4.78, 5) is 9.91. The minimum Gasteiger partial charge on any atom is -0.381 e. The van der Waals surface area contributed by atoms with Gasteiger partial charge in [-0.1, -0.05) is 23.7 Å². The first kappa shape index (κ1) is 14.2. The summed E-state index contributed by atoms with van der Waals surface area (Å²) in [6.07, 6.45) is 0. The van der Waals surface area contributed by atoms with Crippen LogP contribution in [0.15, 0.2) is 36.4 Å². The van der Waals surface area contributed by atoms with Crippen LogP contribution in [-0.4, -0.2) is 4.92 Å². The molecule has 0 aromatic heterocycles. The smallest absolute Gasteiger partial charge is 0.274 e. The van der Waals surface area contributed by atoms with Crippen molar-refractivity contribution in [2.75, 3.05) is 5.32 Å². The van der Waals surface area contributed by atoms with Gasteiger partial charge in [-0.2, -0.15) is 0 Å². The zero-order valence-electron chi connectivity index (χ0n) is 10.1. The van der Waals surface area contributed by atoms with Crippen molar-refractivity contribution in [3.63, 3.8) is 0 Å². The lowest BCUT2D eigenvalue weighted by atomic mass is 10.2. The SMILES string of the molecule is O=[N+]([O-])c1cc(F)cc(NCc2cccc(Cl)c2F)c1. The molecule has 0 aliphatic rings. The van der Waals surface area contributed by atoms with E-state index in [2.05, 4.69) is 5.32 Å². The minimum atomic E-state index is -0.742. The molecule has 1 N–H and O–H groups in total. The Bertz CT molecular complexity index is 665. The lowest BCUT2D eigenvalue weighted by Crippen LogP contribution is -2.03. The van der Waals surface area contributed by atoms with E-state index in [1.807, 2.05) is 0 Å². The third-order valence-corrected chi connectivity index (χ3v) is 2.90. The Hall–Kier alpha value is -2.21. The average molecular weight is 299 g/mol. The number of anilines is 1. The normalized spacial score (nSPS) is 10.3. The van der Waals surface area contributed by atoms with E-state index >= 15 is 0 Å². The number of non-ortho nitro benzene ring substituents is 1. The molecule has 2 aromatic carbocycles. The molecule has 0 aliphatic carbocycles. The number of nitrogens with one attached hydrogen (secondary N) is 1. The van der Waals surface area contributed by atoms with Crippen LogP contribution < -0.4 is 5.32 Å². The summed E-state index contributed by atoms with van der Waals surface area (Å²) in [6, 6.07) is 7.58. The molecule has 0 radical (unpaired) electrons. The van der Waals surface area contributed by atoms with Crippen LogP contribution in [0.5, 0.6) is 0 Å². The molecule has 0 atom stereocenters. The Morgan fingerprint density at radius 1 is 1.25 bits per heavy atom. The lowest BCUT2D eigenvalue weighted by Gasteiger charge is -2.08. The van der Waals surface area contributed by atoms with Crippen LogP contribution in [0.1, 0.15) is 5.56 Å². The number of nitro benzene ring substituents is 1. The summed E-state index contributed by atoms with van der Waals surface area (Å²) in [5.41, 5.74) is 0.0968. The Morgan fingerprint density at radius 2 is 2.00 bits per heavy atom. The number of benzene rings is 2. The van der Waals surface area contributed by atoms with Gasteiger partial charge in [0, 0.05) is 23.9 Å². The first-order chi connectivity index (χ1) is 9.47. The molecule has 0 aliphatic heterocycles. The fourth-order valence-electron chi connectivity index (χ4n) is 1.66. The number of nitro groups is 1. The molecular formula is C13H9ClF2N2O2. The molecule has 7 heteroatoms. The second kappa shape index (κ2) is 5.83. The quantitative estimate of drug-likeness (QED) is 0.682. The van der Waals surface area contributed by atoms with Crippen molar-refractivity contribution in [2.45, 2.75) is 6.54 Å². The Labute approximate surface area is 118 Å². The number of hydrogen-bond donors (Lipinski definition) is 1. The van der Waals surface area contributed by atoms with E-state index in [4.69, 9.17) is 11.6 Å². The second-order valence-corrected chi connectivity index (χ2v) is 4.43. The standard InChI is InChI=1S/C13H9ClF2N2O2/c14-12-3-1-2-8(13(12)16)7-17-10-4-9(15)5-11(6-10)18(19)20/h1-6,17H,7H2. The predicted molar refractivity (Wildman–Crippen MR) is 71.8 cm³/mol. The maximum Gasteiger partial charge on any atom is 0.274 e. The van der Waals surface area contributed by atoms with Crippen molar-refractivity contribution < 1.29 is 13.7 Å². The summed E-state index contributed by atoms with van der Waals surface area (Å²) in [5.74, 6) is -1.32. The van der Waals surface area contributed by atoms with E-state index in [0.29, 0.717) is 0 Å². The first-order valence-corrected chi connectivity index (χ1v) is 5.97. The summed E-state index contributed by atoms with van der Waals surface area (Å²) in [5, 5.41) is 13.3. The Kier molecular flexibility index (Phi) is 4.14. The van der Waals surface area contributed by atoms with Crippen molar-refractivity contribution in [1.82, 2.24) is 0 Å². The monoisotopic (exact) mass is 298 g/mol. The fraction of sp³-hybridized carbons (Fsp3) is 0.0769. The Morgan fingerprint density at radius 3 is 2.70 bits per heavy atom. The summed E-state index contributed by atoms with van der Waals surface area (Å²) < 4.78 is 26.9. The maximum atomic E-state index is 13.6. The van der Waals surface area contributed by atoms with Crippen molar-refractivity contribution >= 4 is 23.0 Å². The largest absolute Gasteiger partial charge is 0.381 e. The van der Waals surface area contributed by atoms with Crippen molar-refractivity contribution in [3.05, 3.63) is 68.7 Å². The van der Waals surface area contributed by atoms with Crippen LogP contribution in [0, 0.1) is 21.7 Å². The summed E-state index contributed by atoms with van der Waals surface area (Å²) >= 11 is 5.64. The van der Waals surface area contributed by atoms with E-state index in [1.54, 1.807) is 6.07 Å². The molecule has 0 amide bonds. The van der Waals surface area contributed by atoms with E-state index in [-0.39, 0.29) is 28.5 Å². The third kappa shape index (κ3) is 3.21. The molecule has 0 spiro atoms. The molecule has 0 heterocycles. The Balaban J connectivity index is 2.19. The highest BCUT2D eigenvalue weighted by Gasteiger charge is 2.11. The molecule has 4 nitrogen and oxygen atoms in total. The van der Waals surface area contributed by atoms with Gasteiger partial charge in [0.15, 0.2) is 0 Å². The number of hydrogen-bond acceptors (Lipinski definition) is 3. The molecule has 0 unspecified atom stereocenters. The molecule has 0 bridgehead atoms. The average Bonchev–Trinajstić information content (AvgIpc) is 2.40. The molecule has 0 saturated heterocycles. The zero-order chi connectivity index (χ0) is 14.7. The van der Waals surface area contributed by atoms with Crippen LogP contribution in [-0.2, 0) is 6.54 Å². The van der Waals surface area contributed by atoms with Gasteiger partial charge in [0.2, 0.25) is 0 Å². The first-order valence-electron chi connectivity index (χ1n) is 5.59. The topological polar surface area (TPSA) is 55.2 Å². The predicted octanol–water partition coefficient (Wildman–Crippen LogP) is 4.14. The van der Waals surface area contributed by atoms with Gasteiger partial charge in [-0.3, -0.25) is 10.1 Å². The van der Waals surface area contributed by atoms with Crippen LogP contribution in [0.4, 0.5) is 20.2 Å². The van der Waals surface area contributed by atoms with E-state index in [1.165, 1.54) is 18.2 Å². The summed E-state index contributed by atoms with van der Waals surface area (Å²) in [7, 11) is 0. The van der Waals surface area contributed by atoms with Gasteiger partial charge in [0.1, 0.15) is 11.6 Å². The van der Waals surface area contributed by atoms with Gasteiger partial charge in [-0.05, 0) is 12.1 Å². The molecule has 0 saturated carbocycles. The van der Waals surface area contributed by atoms with Gasteiger partial charge in [-0.15, -0.1) is 0 Å². The van der Waals surface area contributed by atoms with Crippen molar-refractivity contribution in [2.24, 2.45) is 0 Å². The molecule has 0 fully saturated rings. The van der Waals surface area contributed by atoms with E-state index in [0.717, 1.165) is 12.1 Å². The fourth-order valence-corrected chi connectivity index (χ4v) is 1.86. The van der Waals surface area contributed by atoms with Crippen molar-refractivity contribution in [1.29, 1.82) is 0 Å². The minimum absolute atomic E-state index is 0.0190. The molecular weight excluding hydrogens is 290 g/mol. The van der Waals surface area contributed by atoms with Gasteiger partial charge < -0.3 is 5.32 Å². The highest BCUT2D eigenvalue weighted by atomic mass is 35.5. The number of nitrogens with zero attached hydrogens (tertiary/aromatic N) is 1. The van der Waals surface area contributed by atoms with Crippen molar-refractivity contribution in [3.8, 4) is 0 Å².